The average Bonchev–Trinajstić information content (AvgIpc) is 3.25. The highest BCUT2D eigenvalue weighted by molar-refractivity contribution is 6.23. The highest BCUT2D eigenvalue weighted by Gasteiger charge is 2.30. The van der Waals surface area contributed by atoms with Crippen molar-refractivity contribution in [1.29, 1.82) is 5.41 Å². The summed E-state index contributed by atoms with van der Waals surface area (Å²) in [5.74, 6) is -4.29. The summed E-state index contributed by atoms with van der Waals surface area (Å²) in [4.78, 5) is 62.0. The zero-order valence-corrected chi connectivity index (χ0v) is 22.3. The second-order valence-corrected chi connectivity index (χ2v) is 9.38. The first kappa shape index (κ1) is 28.2. The van der Waals surface area contributed by atoms with Gasteiger partial charge in [-0.05, 0) is 65.7 Å². The quantitative estimate of drug-likeness (QED) is 0.0464. The van der Waals surface area contributed by atoms with Crippen LogP contribution in [0.4, 0.5) is 11.4 Å². The van der Waals surface area contributed by atoms with Gasteiger partial charge in [0.15, 0.2) is 0 Å². The van der Waals surface area contributed by atoms with Crippen LogP contribution in [0.3, 0.4) is 0 Å². The number of aromatic hydroxyl groups is 1. The van der Waals surface area contributed by atoms with Crippen molar-refractivity contribution < 1.29 is 38.9 Å². The molecule has 1 aliphatic heterocycles. The van der Waals surface area contributed by atoms with Crippen LogP contribution in [0.5, 0.6) is 11.5 Å². The molecule has 0 unspecified atom stereocenters. The van der Waals surface area contributed by atoms with Gasteiger partial charge in [-0.1, -0.05) is 18.2 Å². The van der Waals surface area contributed by atoms with Crippen LogP contribution in [0.2, 0.25) is 0 Å². The van der Waals surface area contributed by atoms with Crippen LogP contribution in [0, 0.1) is 5.41 Å². The first-order valence-electron chi connectivity index (χ1n) is 12.7. The minimum Gasteiger partial charge on any atom is -0.508 e. The van der Waals surface area contributed by atoms with E-state index in [1.807, 2.05) is 0 Å². The summed E-state index contributed by atoms with van der Waals surface area (Å²) >= 11 is 0. The van der Waals surface area contributed by atoms with Crippen molar-refractivity contribution in [3.05, 3.63) is 107 Å². The molecule has 0 radical (unpaired) electrons. The van der Waals surface area contributed by atoms with Gasteiger partial charge >= 0.3 is 11.9 Å². The number of amidine groups is 1. The molecule has 0 aromatic heterocycles. The van der Waals surface area contributed by atoms with Crippen LogP contribution in [0.1, 0.15) is 53.9 Å². The van der Waals surface area contributed by atoms with Crippen molar-refractivity contribution in [1.82, 2.24) is 5.32 Å². The molecule has 0 aliphatic carbocycles. The lowest BCUT2D eigenvalue weighted by atomic mass is 9.89. The van der Waals surface area contributed by atoms with Gasteiger partial charge in [0.05, 0.1) is 22.3 Å². The number of carbonyl (C=O) groups is 5. The van der Waals surface area contributed by atoms with Crippen molar-refractivity contribution in [2.24, 2.45) is 0 Å². The van der Waals surface area contributed by atoms with Gasteiger partial charge in [0.2, 0.25) is 0 Å². The second kappa shape index (κ2) is 11.3. The first-order chi connectivity index (χ1) is 20.5. The van der Waals surface area contributed by atoms with Gasteiger partial charge < -0.3 is 25.6 Å². The molecule has 1 heterocycles. The maximum atomic E-state index is 13.6. The molecule has 5 rings (SSSR count). The van der Waals surface area contributed by atoms with Gasteiger partial charge in [-0.25, -0.2) is 4.79 Å². The largest absolute Gasteiger partial charge is 0.508 e. The Morgan fingerprint density at radius 2 is 1.49 bits per heavy atom. The summed E-state index contributed by atoms with van der Waals surface area (Å²) in [5.41, 5.74) is 0.260. The number of hydrogen-bond acceptors (Lipinski definition) is 8. The maximum Gasteiger partial charge on any atom is 0.337 e. The summed E-state index contributed by atoms with van der Waals surface area (Å²) < 4.78 is 5.06. The van der Waals surface area contributed by atoms with Gasteiger partial charge in [-0.2, -0.15) is 0 Å². The molecule has 12 nitrogen and oxygen atoms in total. The molecule has 4 aromatic carbocycles. The number of imide groups is 1. The Kier molecular flexibility index (Phi) is 7.41. The third-order valence-corrected chi connectivity index (χ3v) is 6.45. The number of aromatic carboxylic acids is 1. The van der Waals surface area contributed by atoms with E-state index in [-0.39, 0.29) is 50.6 Å². The highest BCUT2D eigenvalue weighted by Crippen LogP contribution is 2.33. The van der Waals surface area contributed by atoms with E-state index in [0.29, 0.717) is 5.69 Å². The van der Waals surface area contributed by atoms with Gasteiger partial charge in [-0.15, -0.1) is 0 Å². The standard InChI is InChI=1S/C31H22N4O8/c1-15(36)43-20-4-2-3-18(14-20)34-29(39)23-12-11-21(16-5-10-22-24(13-16)30(40)35-28(22)38)26(31(41)42)25(23)27(32)33-17-6-8-19(37)9-7-17/h2-14,37H,1H3,(H2,32,33)(H,34,39)(H,41,42)(H,35,38,40). The lowest BCUT2D eigenvalue weighted by Gasteiger charge is -2.19. The van der Waals surface area contributed by atoms with E-state index in [4.69, 9.17) is 10.1 Å². The molecule has 0 fully saturated rings. The maximum absolute atomic E-state index is 13.6. The Labute approximate surface area is 243 Å². The summed E-state index contributed by atoms with van der Waals surface area (Å²) in [6.07, 6.45) is 0. The first-order valence-corrected chi connectivity index (χ1v) is 12.7. The van der Waals surface area contributed by atoms with Gasteiger partial charge in [0.1, 0.15) is 17.3 Å². The number of carbonyl (C=O) groups excluding carboxylic acids is 4. The molecule has 12 heteroatoms. The Balaban J connectivity index is 1.63. The number of fused-ring (bicyclic) bond motifs is 1. The Morgan fingerprint density at radius 1 is 0.791 bits per heavy atom. The predicted molar refractivity (Wildman–Crippen MR) is 155 cm³/mol. The van der Waals surface area contributed by atoms with E-state index >= 15 is 0 Å². The lowest BCUT2D eigenvalue weighted by Crippen LogP contribution is -2.24. The van der Waals surface area contributed by atoms with Crippen LogP contribution in [0.25, 0.3) is 11.1 Å². The molecule has 4 aromatic rings. The molecular formula is C31H22N4O8. The molecule has 214 valence electrons. The minimum atomic E-state index is -1.46. The molecule has 6 N–H and O–H groups in total. The van der Waals surface area contributed by atoms with E-state index in [9.17, 15) is 34.2 Å². The second-order valence-electron chi connectivity index (χ2n) is 9.38. The highest BCUT2D eigenvalue weighted by atomic mass is 16.5. The number of phenolic OH excluding ortho intramolecular Hbond substituents is 1. The van der Waals surface area contributed by atoms with E-state index in [1.165, 1.54) is 79.7 Å². The fraction of sp³-hybridized carbons (Fsp3) is 0.0323. The van der Waals surface area contributed by atoms with Crippen LogP contribution in [-0.4, -0.2) is 45.7 Å². The van der Waals surface area contributed by atoms with Crippen molar-refractivity contribution in [2.45, 2.75) is 6.92 Å². The summed E-state index contributed by atoms with van der Waals surface area (Å²) in [7, 11) is 0. The molecule has 0 spiro atoms. The number of carboxylic acids is 1. The summed E-state index contributed by atoms with van der Waals surface area (Å²) in [5, 5.41) is 36.4. The third kappa shape index (κ3) is 5.79. The van der Waals surface area contributed by atoms with E-state index < -0.39 is 41.1 Å². The number of esters is 1. The molecule has 0 saturated heterocycles. The summed E-state index contributed by atoms with van der Waals surface area (Å²) in [6, 6.07) is 18.6. The van der Waals surface area contributed by atoms with Crippen molar-refractivity contribution in [3.63, 3.8) is 0 Å². The van der Waals surface area contributed by atoms with Crippen molar-refractivity contribution >= 4 is 46.9 Å². The average molecular weight is 579 g/mol. The fourth-order valence-corrected chi connectivity index (χ4v) is 4.60. The Morgan fingerprint density at radius 3 is 2.19 bits per heavy atom. The number of carboxylic acid groups (broad SMARTS) is 1. The van der Waals surface area contributed by atoms with E-state index in [0.717, 1.165) is 0 Å². The smallest absolute Gasteiger partial charge is 0.337 e. The molecule has 3 amide bonds. The number of amides is 3. The molecule has 43 heavy (non-hydrogen) atoms. The zero-order chi connectivity index (χ0) is 30.8. The molecule has 0 bridgehead atoms. The van der Waals surface area contributed by atoms with Crippen molar-refractivity contribution in [2.75, 3.05) is 10.6 Å². The number of benzene rings is 4. The number of nitrogens with one attached hydrogen (secondary N) is 4. The number of rotatable bonds is 7. The van der Waals surface area contributed by atoms with E-state index in [1.54, 1.807) is 6.07 Å². The number of ether oxygens (including phenoxy) is 1. The lowest BCUT2D eigenvalue weighted by molar-refractivity contribution is -0.131. The number of anilines is 2. The van der Waals surface area contributed by atoms with Crippen LogP contribution >= 0.6 is 0 Å². The SMILES string of the molecule is CC(=O)Oc1cccc(NC(=O)c2ccc(-c3ccc4c(c3)C(=O)NC4=O)c(C(=O)O)c2C(=N)Nc2ccc(O)cc2)c1. The Hall–Kier alpha value is -6.30. The molecule has 0 atom stereocenters. The van der Waals surface area contributed by atoms with E-state index in [2.05, 4.69) is 16.0 Å². The Bertz CT molecular complexity index is 1860. The molecule has 0 saturated carbocycles. The van der Waals surface area contributed by atoms with Crippen LogP contribution < -0.4 is 20.7 Å². The summed E-state index contributed by atoms with van der Waals surface area (Å²) in [6.45, 7) is 1.23. The zero-order valence-electron chi connectivity index (χ0n) is 22.3. The van der Waals surface area contributed by atoms with Crippen molar-refractivity contribution in [3.8, 4) is 22.6 Å². The normalized spacial score (nSPS) is 11.7. The fourth-order valence-electron chi connectivity index (χ4n) is 4.60. The van der Waals surface area contributed by atoms with Crippen LogP contribution in [0.15, 0.2) is 78.9 Å². The monoisotopic (exact) mass is 578 g/mol. The third-order valence-electron chi connectivity index (χ3n) is 6.45. The molecular weight excluding hydrogens is 556 g/mol. The van der Waals surface area contributed by atoms with Gasteiger partial charge in [0.25, 0.3) is 17.7 Å². The van der Waals surface area contributed by atoms with Gasteiger partial charge in [-0.3, -0.25) is 29.9 Å². The predicted octanol–water partition coefficient (Wildman–Crippen LogP) is 4.26. The van der Waals surface area contributed by atoms with Gasteiger partial charge in [0, 0.05) is 29.9 Å². The topological polar surface area (TPSA) is 195 Å². The van der Waals surface area contributed by atoms with Crippen LogP contribution in [-0.2, 0) is 4.79 Å². The number of phenols is 1. The number of hydrogen-bond donors (Lipinski definition) is 6. The minimum absolute atomic E-state index is 0.0273. The molecule has 1 aliphatic rings.